The minimum atomic E-state index is 0.137. The molecule has 5 heteroatoms. The molecule has 2 atom stereocenters. The van der Waals surface area contributed by atoms with E-state index in [1.54, 1.807) is 0 Å². The molecule has 0 amide bonds. The lowest BCUT2D eigenvalue weighted by atomic mass is 9.91. The van der Waals surface area contributed by atoms with E-state index in [0.717, 1.165) is 33.9 Å². The summed E-state index contributed by atoms with van der Waals surface area (Å²) < 4.78 is 7.39. The van der Waals surface area contributed by atoms with Crippen molar-refractivity contribution in [3.8, 4) is 39.6 Å². The molecule has 1 aliphatic carbocycles. The second-order valence-electron chi connectivity index (χ2n) is 18.7. The second kappa shape index (κ2) is 15.2. The fraction of sp³-hybridized carbons (Fsp3) is 0.0308. The van der Waals surface area contributed by atoms with Crippen LogP contribution in [-0.2, 0) is 0 Å². The smallest absolute Gasteiger partial charge is 0.0710 e. The molecule has 0 N–H and O–H groups in total. The van der Waals surface area contributed by atoms with E-state index in [-0.39, 0.29) is 12.0 Å². The normalized spacial score (nSPS) is 15.3. The molecular weight excluding hydrogens is 851 g/mol. The Morgan fingerprint density at radius 2 is 0.914 bits per heavy atom. The van der Waals surface area contributed by atoms with Crippen molar-refractivity contribution in [3.63, 3.8) is 0 Å². The van der Waals surface area contributed by atoms with Crippen LogP contribution in [0.2, 0.25) is 0 Å². The van der Waals surface area contributed by atoms with Crippen molar-refractivity contribution in [1.82, 2.24) is 18.7 Å². The molecule has 9 aromatic carbocycles. The summed E-state index contributed by atoms with van der Waals surface area (Å²) in [6.45, 7) is 0. The van der Waals surface area contributed by atoms with Crippen LogP contribution in [-0.4, -0.2) is 24.7 Å². The summed E-state index contributed by atoms with van der Waals surface area (Å²) in [4.78, 5) is 7.75. The number of rotatable bonds is 6. The highest BCUT2D eigenvalue weighted by Crippen LogP contribution is 2.51. The molecule has 2 aliphatic rings. The van der Waals surface area contributed by atoms with Gasteiger partial charge >= 0.3 is 0 Å². The molecule has 328 valence electrons. The van der Waals surface area contributed by atoms with Crippen LogP contribution in [0.4, 0.5) is 11.4 Å². The first kappa shape index (κ1) is 38.9. The Labute approximate surface area is 404 Å². The predicted molar refractivity (Wildman–Crippen MR) is 292 cm³/mol. The van der Waals surface area contributed by atoms with E-state index in [0.29, 0.717) is 0 Å². The van der Waals surface area contributed by atoms with Gasteiger partial charge in [-0.15, -0.1) is 0 Å². The van der Waals surface area contributed by atoms with Crippen LogP contribution in [0.1, 0.15) is 11.5 Å². The summed E-state index contributed by atoms with van der Waals surface area (Å²) in [7, 11) is 0. The minimum absolute atomic E-state index is 0.137. The fourth-order valence-corrected chi connectivity index (χ4v) is 12.0. The highest BCUT2D eigenvalue weighted by molar-refractivity contribution is 6.26. The number of hydrogen-bond donors (Lipinski definition) is 0. The molecule has 15 rings (SSSR count). The molecule has 70 heavy (non-hydrogen) atoms. The Balaban J connectivity index is 0.919. The fourth-order valence-electron chi connectivity index (χ4n) is 12.0. The van der Waals surface area contributed by atoms with Crippen LogP contribution in [0.3, 0.4) is 0 Å². The zero-order chi connectivity index (χ0) is 45.9. The maximum absolute atomic E-state index is 5.17. The highest BCUT2D eigenvalue weighted by Gasteiger charge is 2.38. The maximum atomic E-state index is 5.17. The molecule has 5 nitrogen and oxygen atoms in total. The molecule has 4 aromatic heterocycles. The molecular formula is C65H43N5. The van der Waals surface area contributed by atoms with E-state index >= 15 is 0 Å². The number of allylic oxidation sites excluding steroid dienone is 2. The molecule has 0 bridgehead atoms. The maximum Gasteiger partial charge on any atom is 0.0710 e. The van der Waals surface area contributed by atoms with Gasteiger partial charge in [-0.25, -0.2) is 4.98 Å². The zero-order valence-corrected chi connectivity index (χ0v) is 38.1. The average molecular weight is 894 g/mol. The van der Waals surface area contributed by atoms with Gasteiger partial charge in [-0.05, 0) is 96.6 Å². The first-order valence-corrected chi connectivity index (χ1v) is 24.2. The van der Waals surface area contributed by atoms with Gasteiger partial charge in [0.25, 0.3) is 0 Å². The largest absolute Gasteiger partial charge is 0.333 e. The van der Waals surface area contributed by atoms with Crippen molar-refractivity contribution in [2.45, 2.75) is 12.0 Å². The van der Waals surface area contributed by atoms with Crippen molar-refractivity contribution in [3.05, 3.63) is 254 Å². The Hall–Kier alpha value is -9.19. The van der Waals surface area contributed by atoms with E-state index in [2.05, 4.69) is 261 Å². The molecule has 13 aromatic rings. The lowest BCUT2D eigenvalue weighted by molar-refractivity contribution is 0.744. The van der Waals surface area contributed by atoms with Gasteiger partial charge in [0.2, 0.25) is 0 Å². The van der Waals surface area contributed by atoms with E-state index in [9.17, 15) is 0 Å². The lowest BCUT2D eigenvalue weighted by Gasteiger charge is -2.29. The molecule has 0 fully saturated rings. The van der Waals surface area contributed by atoms with Gasteiger partial charge in [-0.3, -0.25) is 0 Å². The van der Waals surface area contributed by atoms with Crippen LogP contribution in [0.5, 0.6) is 0 Å². The molecule has 2 unspecified atom stereocenters. The summed E-state index contributed by atoms with van der Waals surface area (Å²) in [5.74, 6) is 0.209. The molecule has 0 saturated heterocycles. The van der Waals surface area contributed by atoms with Crippen molar-refractivity contribution in [1.29, 1.82) is 0 Å². The number of aromatic nitrogens is 4. The summed E-state index contributed by atoms with van der Waals surface area (Å²) in [6.07, 6.45) is 9.21. The third kappa shape index (κ3) is 5.69. The van der Waals surface area contributed by atoms with Gasteiger partial charge in [-0.2, -0.15) is 0 Å². The summed E-state index contributed by atoms with van der Waals surface area (Å²) >= 11 is 0. The van der Waals surface area contributed by atoms with Gasteiger partial charge in [0.1, 0.15) is 0 Å². The minimum Gasteiger partial charge on any atom is -0.333 e. The molecule has 0 radical (unpaired) electrons. The first-order valence-electron chi connectivity index (χ1n) is 24.2. The van der Waals surface area contributed by atoms with E-state index in [1.165, 1.54) is 88.0 Å². The number of nitrogens with zero attached hydrogens (tertiary/aromatic N) is 5. The number of fused-ring (bicyclic) bond motifs is 13. The average Bonchev–Trinajstić information content (AvgIpc) is 4.16. The Morgan fingerprint density at radius 1 is 0.343 bits per heavy atom. The third-order valence-electron chi connectivity index (χ3n) is 14.9. The second-order valence-corrected chi connectivity index (χ2v) is 18.7. The van der Waals surface area contributed by atoms with E-state index < -0.39 is 0 Å². The zero-order valence-electron chi connectivity index (χ0n) is 38.1. The number of para-hydroxylation sites is 4. The van der Waals surface area contributed by atoms with Crippen molar-refractivity contribution in [2.75, 3.05) is 4.90 Å². The molecule has 1 aliphatic heterocycles. The van der Waals surface area contributed by atoms with Crippen LogP contribution >= 0.6 is 0 Å². The number of benzene rings is 9. The van der Waals surface area contributed by atoms with E-state index in [4.69, 9.17) is 4.98 Å². The van der Waals surface area contributed by atoms with Crippen LogP contribution in [0.15, 0.2) is 249 Å². The standard InChI is InChI=1S/C65H43N5/c1-3-18-42(19-4-1)55-30-17-31-56(66-55)43-20-15-23-45(38-43)70-59-34-13-7-26-48(59)51-36-37-61-64(65(51)70)52-29-10-14-35-60(52)68(61)46-24-16-25-47(39-46)69-58-33-12-9-28-50(58)54-40-62-53(41-63(54)69)49-27-8-11-32-57(49)67(62)44-21-5-2-6-22-44/h1-41,50,58H. The quantitative estimate of drug-likeness (QED) is 0.167. The van der Waals surface area contributed by atoms with Gasteiger partial charge in [0.05, 0.1) is 50.5 Å². The third-order valence-corrected chi connectivity index (χ3v) is 14.9. The first-order chi connectivity index (χ1) is 34.7. The van der Waals surface area contributed by atoms with Crippen LogP contribution < -0.4 is 4.90 Å². The van der Waals surface area contributed by atoms with Crippen LogP contribution in [0.25, 0.3) is 105 Å². The number of anilines is 2. The molecule has 0 spiro atoms. The SMILES string of the molecule is C1=CC2c3cc4c(cc3N(c3cccc(-n5c6ccccc6c6c5ccc5c7ccccc7n(-c7cccc(-c8cccc(-c9ccccc9)n8)c7)c56)c3)C2C=C1)c1ccccc1n4-c1ccccc1. The highest BCUT2D eigenvalue weighted by atomic mass is 15.2. The Bertz CT molecular complexity index is 4320. The Morgan fingerprint density at radius 3 is 1.71 bits per heavy atom. The van der Waals surface area contributed by atoms with Crippen molar-refractivity contribution >= 4 is 76.8 Å². The summed E-state index contributed by atoms with van der Waals surface area (Å²) in [5, 5.41) is 7.42. The van der Waals surface area contributed by atoms with Gasteiger partial charge < -0.3 is 18.6 Å². The number of hydrogen-bond acceptors (Lipinski definition) is 2. The summed E-state index contributed by atoms with van der Waals surface area (Å²) in [5.41, 5.74) is 18.4. The topological polar surface area (TPSA) is 30.9 Å². The van der Waals surface area contributed by atoms with Crippen molar-refractivity contribution in [2.24, 2.45) is 0 Å². The summed E-state index contributed by atoms with van der Waals surface area (Å²) in [6, 6.07) is 82.0. The monoisotopic (exact) mass is 893 g/mol. The Kier molecular flexibility index (Phi) is 8.42. The van der Waals surface area contributed by atoms with Crippen LogP contribution in [0, 0.1) is 0 Å². The van der Waals surface area contributed by atoms with Gasteiger partial charge in [0, 0.05) is 77.8 Å². The molecule has 5 heterocycles. The molecule has 0 saturated carbocycles. The van der Waals surface area contributed by atoms with Crippen molar-refractivity contribution < 1.29 is 0 Å². The lowest BCUT2D eigenvalue weighted by Crippen LogP contribution is -2.28. The number of pyridine rings is 1. The van der Waals surface area contributed by atoms with Gasteiger partial charge in [0.15, 0.2) is 0 Å². The van der Waals surface area contributed by atoms with Gasteiger partial charge in [-0.1, -0.05) is 158 Å². The van der Waals surface area contributed by atoms with E-state index in [1.807, 2.05) is 6.07 Å². The predicted octanol–water partition coefficient (Wildman–Crippen LogP) is 16.4.